The molecule has 6 heteroatoms. The Morgan fingerprint density at radius 2 is 1.84 bits per heavy atom. The normalized spacial score (nSPS) is 12.1. The number of rotatable bonds is 8. The van der Waals surface area contributed by atoms with Crippen molar-refractivity contribution < 1.29 is 19.1 Å². The molecule has 0 heterocycles. The molecular formula is C13H24ClNO4. The van der Waals surface area contributed by atoms with Gasteiger partial charge in [0.1, 0.15) is 12.6 Å². The maximum Gasteiger partial charge on any atom is 0.410 e. The molecule has 0 N–H and O–H groups in total. The van der Waals surface area contributed by atoms with Gasteiger partial charge in [0.2, 0.25) is 0 Å². The summed E-state index contributed by atoms with van der Waals surface area (Å²) in [5.74, 6) is -0.219. The minimum atomic E-state index is -0.639. The number of unbranched alkanes of at least 4 members (excludes halogenated alkanes) is 1. The zero-order valence-electron chi connectivity index (χ0n) is 12.1. The minimum absolute atomic E-state index is 0.0531. The first-order chi connectivity index (χ1) is 8.95. The lowest BCUT2D eigenvalue weighted by Crippen LogP contribution is -2.47. The van der Waals surface area contributed by atoms with Gasteiger partial charge in [-0.1, -0.05) is 27.2 Å². The molecule has 1 unspecified atom stereocenters. The number of amides is 1. The summed E-state index contributed by atoms with van der Waals surface area (Å²) < 4.78 is 10.1. The third-order valence-corrected chi connectivity index (χ3v) is 2.78. The van der Waals surface area contributed by atoms with E-state index in [0.29, 0.717) is 6.61 Å². The number of alkyl halides is 1. The van der Waals surface area contributed by atoms with E-state index in [-0.39, 0.29) is 18.4 Å². The van der Waals surface area contributed by atoms with E-state index in [0.717, 1.165) is 12.8 Å². The summed E-state index contributed by atoms with van der Waals surface area (Å²) in [7, 11) is 1.53. The molecule has 0 aliphatic rings. The maximum atomic E-state index is 12.0. The van der Waals surface area contributed by atoms with Crippen molar-refractivity contribution in [1.29, 1.82) is 0 Å². The van der Waals surface area contributed by atoms with Crippen molar-refractivity contribution >= 4 is 23.7 Å². The summed E-state index contributed by atoms with van der Waals surface area (Å²) in [5, 5.41) is 0. The smallest absolute Gasteiger partial charge is 0.410 e. The topological polar surface area (TPSA) is 55.8 Å². The van der Waals surface area contributed by atoms with Crippen LogP contribution in [0, 0.1) is 5.92 Å². The van der Waals surface area contributed by atoms with E-state index in [9.17, 15) is 9.59 Å². The van der Waals surface area contributed by atoms with Crippen LogP contribution >= 0.6 is 11.6 Å². The SMILES string of the molecule is CCCCOC(=O)C(C(C)C)N(C)C(=O)OCCCl. The van der Waals surface area contributed by atoms with Gasteiger partial charge in [0.15, 0.2) is 0 Å². The first kappa shape index (κ1) is 18.0. The number of carbonyl (C=O) groups is 2. The van der Waals surface area contributed by atoms with Gasteiger partial charge in [-0.2, -0.15) is 0 Å². The molecule has 19 heavy (non-hydrogen) atoms. The summed E-state index contributed by atoms with van der Waals surface area (Å²) in [6.07, 6.45) is 1.20. The summed E-state index contributed by atoms with van der Waals surface area (Å²) in [6.45, 7) is 6.24. The van der Waals surface area contributed by atoms with Crippen LogP contribution in [0.25, 0.3) is 0 Å². The molecule has 0 aromatic rings. The maximum absolute atomic E-state index is 12.0. The lowest BCUT2D eigenvalue weighted by molar-refractivity contribution is -0.150. The zero-order valence-corrected chi connectivity index (χ0v) is 12.9. The molecule has 0 radical (unpaired) electrons. The fourth-order valence-corrected chi connectivity index (χ4v) is 1.70. The highest BCUT2D eigenvalue weighted by Crippen LogP contribution is 2.13. The summed E-state index contributed by atoms with van der Waals surface area (Å²) >= 11 is 5.45. The van der Waals surface area contributed by atoms with E-state index in [1.807, 2.05) is 20.8 Å². The number of halogens is 1. The predicted octanol–water partition coefficient (Wildman–Crippen LogP) is 2.66. The second kappa shape index (κ2) is 9.89. The number of carbonyl (C=O) groups excluding carboxylic acids is 2. The molecule has 112 valence electrons. The van der Waals surface area contributed by atoms with Crippen LogP contribution in [-0.4, -0.2) is 49.1 Å². The van der Waals surface area contributed by atoms with E-state index in [2.05, 4.69) is 0 Å². The Morgan fingerprint density at radius 3 is 2.32 bits per heavy atom. The van der Waals surface area contributed by atoms with Crippen molar-refractivity contribution in [3.63, 3.8) is 0 Å². The molecule has 0 spiro atoms. The van der Waals surface area contributed by atoms with E-state index < -0.39 is 18.1 Å². The van der Waals surface area contributed by atoms with Gasteiger partial charge in [0.25, 0.3) is 0 Å². The van der Waals surface area contributed by atoms with Gasteiger partial charge in [-0.25, -0.2) is 9.59 Å². The lowest BCUT2D eigenvalue weighted by atomic mass is 10.0. The van der Waals surface area contributed by atoms with Crippen molar-refractivity contribution in [1.82, 2.24) is 4.90 Å². The molecule has 1 atom stereocenters. The number of ether oxygens (including phenoxy) is 2. The van der Waals surface area contributed by atoms with Gasteiger partial charge in [-0.3, -0.25) is 4.90 Å². The molecule has 0 fully saturated rings. The Balaban J connectivity index is 4.52. The molecule has 1 amide bonds. The lowest BCUT2D eigenvalue weighted by Gasteiger charge is -2.28. The fraction of sp³-hybridized carbons (Fsp3) is 0.846. The van der Waals surface area contributed by atoms with Crippen molar-refractivity contribution in [2.75, 3.05) is 26.1 Å². The van der Waals surface area contributed by atoms with Crippen LogP contribution in [0.5, 0.6) is 0 Å². The molecule has 0 saturated carbocycles. The first-order valence-electron chi connectivity index (χ1n) is 6.57. The second-order valence-corrected chi connectivity index (χ2v) is 5.00. The molecule has 0 aromatic carbocycles. The van der Waals surface area contributed by atoms with Gasteiger partial charge in [0, 0.05) is 7.05 Å². The van der Waals surface area contributed by atoms with Crippen LogP contribution in [0.3, 0.4) is 0 Å². The van der Waals surface area contributed by atoms with Gasteiger partial charge < -0.3 is 9.47 Å². The van der Waals surface area contributed by atoms with Crippen LogP contribution < -0.4 is 0 Å². The van der Waals surface area contributed by atoms with E-state index >= 15 is 0 Å². The molecule has 0 saturated heterocycles. The summed E-state index contributed by atoms with van der Waals surface area (Å²) in [4.78, 5) is 25.0. The third-order valence-electron chi connectivity index (χ3n) is 2.62. The standard InChI is InChI=1S/C13H24ClNO4/c1-5-6-8-18-12(16)11(10(2)3)15(4)13(17)19-9-7-14/h10-11H,5-9H2,1-4H3. The molecule has 5 nitrogen and oxygen atoms in total. The van der Waals surface area contributed by atoms with Crippen molar-refractivity contribution in [2.45, 2.75) is 39.7 Å². The number of nitrogens with zero attached hydrogens (tertiary/aromatic N) is 1. The largest absolute Gasteiger partial charge is 0.464 e. The quantitative estimate of drug-likeness (QED) is 0.392. The zero-order chi connectivity index (χ0) is 14.8. The Morgan fingerprint density at radius 1 is 1.21 bits per heavy atom. The van der Waals surface area contributed by atoms with E-state index in [1.54, 1.807) is 0 Å². The van der Waals surface area contributed by atoms with Gasteiger partial charge in [-0.15, -0.1) is 11.6 Å². The average molecular weight is 294 g/mol. The molecule has 0 aliphatic heterocycles. The van der Waals surface area contributed by atoms with E-state index in [4.69, 9.17) is 21.1 Å². The van der Waals surface area contributed by atoms with Crippen LogP contribution in [0.4, 0.5) is 4.79 Å². The second-order valence-electron chi connectivity index (χ2n) is 4.62. The summed E-state index contributed by atoms with van der Waals surface area (Å²) in [6, 6.07) is -0.639. The number of likely N-dealkylation sites (N-methyl/N-ethyl adjacent to an activating group) is 1. The van der Waals surface area contributed by atoms with Crippen molar-refractivity contribution in [3.05, 3.63) is 0 Å². The van der Waals surface area contributed by atoms with Crippen LogP contribution in [0.1, 0.15) is 33.6 Å². The van der Waals surface area contributed by atoms with Crippen LogP contribution in [0.15, 0.2) is 0 Å². The van der Waals surface area contributed by atoms with Gasteiger partial charge in [0.05, 0.1) is 12.5 Å². The Labute approximate surface area is 120 Å². The molecule has 0 rings (SSSR count). The van der Waals surface area contributed by atoms with Crippen LogP contribution in [0.2, 0.25) is 0 Å². The third kappa shape index (κ3) is 6.66. The monoisotopic (exact) mass is 293 g/mol. The number of hydrogen-bond donors (Lipinski definition) is 0. The molecule has 0 aromatic heterocycles. The number of hydrogen-bond acceptors (Lipinski definition) is 4. The highest BCUT2D eigenvalue weighted by molar-refractivity contribution is 6.18. The van der Waals surface area contributed by atoms with Crippen molar-refractivity contribution in [2.24, 2.45) is 5.92 Å². The highest BCUT2D eigenvalue weighted by Gasteiger charge is 2.31. The van der Waals surface area contributed by atoms with Crippen molar-refractivity contribution in [3.8, 4) is 0 Å². The Kier molecular flexibility index (Phi) is 9.39. The molecule has 0 aliphatic carbocycles. The molecular weight excluding hydrogens is 270 g/mol. The fourth-order valence-electron chi connectivity index (χ4n) is 1.62. The van der Waals surface area contributed by atoms with E-state index in [1.165, 1.54) is 11.9 Å². The first-order valence-corrected chi connectivity index (χ1v) is 7.11. The van der Waals surface area contributed by atoms with Crippen LogP contribution in [-0.2, 0) is 14.3 Å². The van der Waals surface area contributed by atoms with Gasteiger partial charge in [-0.05, 0) is 12.3 Å². The highest BCUT2D eigenvalue weighted by atomic mass is 35.5. The minimum Gasteiger partial charge on any atom is -0.464 e. The van der Waals surface area contributed by atoms with Gasteiger partial charge >= 0.3 is 12.1 Å². The average Bonchev–Trinajstić information content (AvgIpc) is 2.35. The predicted molar refractivity (Wildman–Crippen MR) is 74.3 cm³/mol. The Bertz CT molecular complexity index is 284. The Hall–Kier alpha value is -0.970. The number of esters is 1. The summed E-state index contributed by atoms with van der Waals surface area (Å²) in [5.41, 5.74) is 0. The molecule has 0 bridgehead atoms.